The Kier molecular flexibility index (Phi) is 13.8. The molecule has 0 aliphatic carbocycles. The first-order valence-electron chi connectivity index (χ1n) is 7.93. The van der Waals surface area contributed by atoms with Crippen LogP contribution in [0.15, 0.2) is 0 Å². The van der Waals surface area contributed by atoms with E-state index in [2.05, 4.69) is 36.4 Å². The van der Waals surface area contributed by atoms with Crippen LogP contribution < -0.4 is 15.6 Å². The first-order valence-corrected chi connectivity index (χ1v) is 7.93. The second kappa shape index (κ2) is 14.3. The average molecular weight is 256 g/mol. The van der Waals surface area contributed by atoms with Crippen LogP contribution in [0, 0.1) is 0 Å². The number of hydrogen-bond donors (Lipinski definition) is 3. The molecular weight excluding hydrogens is 222 g/mol. The molecule has 0 radical (unpaired) electrons. The highest BCUT2D eigenvalue weighted by Gasteiger charge is 2.03. The Morgan fingerprint density at radius 3 is 1.78 bits per heavy atom. The van der Waals surface area contributed by atoms with Gasteiger partial charge in [-0.25, -0.2) is 0 Å². The molecule has 0 heterocycles. The highest BCUT2D eigenvalue weighted by atomic mass is 15.2. The molecule has 0 aliphatic rings. The van der Waals surface area contributed by atoms with E-state index in [1.165, 1.54) is 51.4 Å². The van der Waals surface area contributed by atoms with E-state index in [1.807, 2.05) is 0 Å². The number of unbranched alkanes of at least 4 members (excludes halogenated alkanes) is 5. The number of guanidine groups is 1. The van der Waals surface area contributed by atoms with E-state index in [1.54, 1.807) is 0 Å². The highest BCUT2D eigenvalue weighted by molar-refractivity contribution is 5.73. The zero-order valence-electron chi connectivity index (χ0n) is 12.8. The Balaban J connectivity index is 3.81. The summed E-state index contributed by atoms with van der Waals surface area (Å²) >= 11 is 0. The van der Waals surface area contributed by atoms with Crippen LogP contribution in [-0.2, 0) is 0 Å². The first-order chi connectivity index (χ1) is 8.85. The summed E-state index contributed by atoms with van der Waals surface area (Å²) in [6.07, 6.45) is 10.2. The smallest absolute Gasteiger partial charge is 0.278 e. The predicted molar refractivity (Wildman–Crippen MR) is 80.8 cm³/mol. The molecule has 0 saturated heterocycles. The zero-order chi connectivity index (χ0) is 13.5. The van der Waals surface area contributed by atoms with Crippen LogP contribution in [0.4, 0.5) is 0 Å². The summed E-state index contributed by atoms with van der Waals surface area (Å²) in [5.41, 5.74) is 0. The lowest BCUT2D eigenvalue weighted by Crippen LogP contribution is -2.79. The third kappa shape index (κ3) is 11.7. The Hall–Kier alpha value is -0.730. The van der Waals surface area contributed by atoms with Gasteiger partial charge in [0.15, 0.2) is 0 Å². The molecule has 3 N–H and O–H groups in total. The Morgan fingerprint density at radius 2 is 1.28 bits per heavy atom. The second-order valence-electron chi connectivity index (χ2n) is 4.92. The van der Waals surface area contributed by atoms with Crippen molar-refractivity contribution in [2.24, 2.45) is 0 Å². The summed E-state index contributed by atoms with van der Waals surface area (Å²) in [5, 5.41) is 6.93. The van der Waals surface area contributed by atoms with Crippen LogP contribution >= 0.6 is 0 Å². The van der Waals surface area contributed by atoms with Crippen molar-refractivity contribution in [3.8, 4) is 0 Å². The quantitative estimate of drug-likeness (QED) is 0.299. The lowest BCUT2D eigenvalue weighted by Gasteiger charge is -2.05. The van der Waals surface area contributed by atoms with Crippen LogP contribution in [0.3, 0.4) is 0 Å². The zero-order valence-corrected chi connectivity index (χ0v) is 12.8. The van der Waals surface area contributed by atoms with E-state index in [0.717, 1.165) is 25.6 Å². The first kappa shape index (κ1) is 17.3. The van der Waals surface area contributed by atoms with E-state index >= 15 is 0 Å². The summed E-state index contributed by atoms with van der Waals surface area (Å²) < 4.78 is 0. The van der Waals surface area contributed by atoms with Crippen molar-refractivity contribution in [3.05, 3.63) is 0 Å². The monoisotopic (exact) mass is 256 g/mol. The molecule has 0 aromatic heterocycles. The number of nitrogens with one attached hydrogen (secondary N) is 3. The Morgan fingerprint density at radius 1 is 0.722 bits per heavy atom. The van der Waals surface area contributed by atoms with Gasteiger partial charge in [-0.1, -0.05) is 52.9 Å². The molecule has 0 aliphatic heterocycles. The summed E-state index contributed by atoms with van der Waals surface area (Å²) in [4.78, 5) is 3.49. The van der Waals surface area contributed by atoms with Gasteiger partial charge in [-0.15, -0.1) is 0 Å². The van der Waals surface area contributed by atoms with Crippen molar-refractivity contribution in [1.29, 1.82) is 0 Å². The van der Waals surface area contributed by atoms with Crippen molar-refractivity contribution in [1.82, 2.24) is 10.6 Å². The van der Waals surface area contributed by atoms with E-state index in [0.29, 0.717) is 0 Å². The van der Waals surface area contributed by atoms with E-state index in [-0.39, 0.29) is 0 Å². The Bertz CT molecular complexity index is 178. The third-order valence-electron chi connectivity index (χ3n) is 3.00. The minimum atomic E-state index is 1.06. The fourth-order valence-electron chi connectivity index (χ4n) is 1.73. The molecule has 0 fully saturated rings. The maximum absolute atomic E-state index is 3.49. The molecule has 3 heteroatoms. The SMILES string of the molecule is CCCCCC[NH+]=C(NCCCC)NCCCC. The maximum atomic E-state index is 3.49. The van der Waals surface area contributed by atoms with Crippen molar-refractivity contribution in [3.63, 3.8) is 0 Å². The fourth-order valence-corrected chi connectivity index (χ4v) is 1.73. The molecule has 0 amide bonds. The van der Waals surface area contributed by atoms with E-state index in [4.69, 9.17) is 0 Å². The molecule has 0 rings (SSSR count). The second-order valence-corrected chi connectivity index (χ2v) is 4.92. The molecular formula is C15H34N3+. The van der Waals surface area contributed by atoms with Gasteiger partial charge in [0.25, 0.3) is 0 Å². The van der Waals surface area contributed by atoms with Crippen LogP contribution in [-0.4, -0.2) is 25.6 Å². The van der Waals surface area contributed by atoms with Crippen molar-refractivity contribution >= 4 is 5.96 Å². The molecule has 0 bridgehead atoms. The van der Waals surface area contributed by atoms with Gasteiger partial charge in [0.05, 0.1) is 19.6 Å². The summed E-state index contributed by atoms with van der Waals surface area (Å²) in [6, 6.07) is 0. The van der Waals surface area contributed by atoms with Crippen LogP contribution in [0.2, 0.25) is 0 Å². The molecule has 0 aromatic carbocycles. The van der Waals surface area contributed by atoms with Crippen molar-refractivity contribution < 1.29 is 4.99 Å². The third-order valence-corrected chi connectivity index (χ3v) is 3.00. The van der Waals surface area contributed by atoms with E-state index in [9.17, 15) is 0 Å². The van der Waals surface area contributed by atoms with E-state index < -0.39 is 0 Å². The van der Waals surface area contributed by atoms with Gasteiger partial charge >= 0.3 is 5.96 Å². The summed E-state index contributed by atoms with van der Waals surface area (Å²) in [7, 11) is 0. The van der Waals surface area contributed by atoms with Gasteiger partial charge in [0, 0.05) is 0 Å². The largest absolute Gasteiger partial charge is 0.343 e. The van der Waals surface area contributed by atoms with Crippen LogP contribution in [0.1, 0.15) is 72.1 Å². The summed E-state index contributed by atoms with van der Waals surface area (Å²) in [5.74, 6) is 1.13. The van der Waals surface area contributed by atoms with Crippen LogP contribution in [0.25, 0.3) is 0 Å². The van der Waals surface area contributed by atoms with Crippen molar-refractivity contribution in [2.45, 2.75) is 72.1 Å². The molecule has 3 nitrogen and oxygen atoms in total. The average Bonchev–Trinajstić information content (AvgIpc) is 2.38. The van der Waals surface area contributed by atoms with Gasteiger partial charge in [-0.2, -0.15) is 0 Å². The molecule has 0 aromatic rings. The van der Waals surface area contributed by atoms with Crippen molar-refractivity contribution in [2.75, 3.05) is 19.6 Å². The van der Waals surface area contributed by atoms with Crippen LogP contribution in [0.5, 0.6) is 0 Å². The van der Waals surface area contributed by atoms with Gasteiger partial charge < -0.3 is 0 Å². The minimum Gasteiger partial charge on any atom is -0.278 e. The van der Waals surface area contributed by atoms with Gasteiger partial charge in [-0.3, -0.25) is 15.6 Å². The lowest BCUT2D eigenvalue weighted by molar-refractivity contribution is -0.462. The van der Waals surface area contributed by atoms with Gasteiger partial charge in [0.2, 0.25) is 0 Å². The van der Waals surface area contributed by atoms with Gasteiger partial charge in [0.1, 0.15) is 0 Å². The predicted octanol–water partition coefficient (Wildman–Crippen LogP) is 1.78. The Labute approximate surface area is 114 Å². The fraction of sp³-hybridized carbons (Fsp3) is 0.933. The number of hydrogen-bond acceptors (Lipinski definition) is 0. The number of rotatable bonds is 11. The molecule has 108 valence electrons. The maximum Gasteiger partial charge on any atom is 0.343 e. The lowest BCUT2D eigenvalue weighted by atomic mass is 10.2. The molecule has 0 saturated carbocycles. The topological polar surface area (TPSA) is 38.0 Å². The normalized spacial score (nSPS) is 10.2. The molecule has 18 heavy (non-hydrogen) atoms. The molecule has 0 atom stereocenters. The molecule has 0 spiro atoms. The molecule has 0 unspecified atom stereocenters. The standard InChI is InChI=1S/C15H33N3/c1-4-7-10-11-14-18-15(16-12-8-5-2)17-13-9-6-3/h4-14H2,1-3H3,(H2,16,17,18)/p+1. The van der Waals surface area contributed by atoms with Gasteiger partial charge in [-0.05, 0) is 19.3 Å². The summed E-state index contributed by atoms with van der Waals surface area (Å²) in [6.45, 7) is 9.91. The highest BCUT2D eigenvalue weighted by Crippen LogP contribution is 1.95. The minimum absolute atomic E-state index is 1.06.